The molecule has 18 heavy (non-hydrogen) atoms. The Labute approximate surface area is 105 Å². The maximum atomic E-state index is 11.7. The molecule has 2 rings (SSSR count). The molecule has 1 unspecified atom stereocenters. The van der Waals surface area contributed by atoms with Crippen LogP contribution in [-0.2, 0) is 11.3 Å². The number of nitrogens with one attached hydrogen (secondary N) is 1. The lowest BCUT2D eigenvalue weighted by Gasteiger charge is -2.14. The highest BCUT2D eigenvalue weighted by Gasteiger charge is 2.28. The van der Waals surface area contributed by atoms with Crippen LogP contribution in [0.15, 0.2) is 16.7 Å². The first-order valence-corrected chi connectivity index (χ1v) is 6.00. The Bertz CT molecular complexity index is 455. The molecule has 0 bridgehead atoms. The fourth-order valence-corrected chi connectivity index (χ4v) is 2.13. The van der Waals surface area contributed by atoms with Gasteiger partial charge in [-0.25, -0.2) is 5.84 Å². The minimum absolute atomic E-state index is 0.142. The lowest BCUT2D eigenvalue weighted by Crippen LogP contribution is -2.29. The van der Waals surface area contributed by atoms with Crippen molar-refractivity contribution in [1.82, 2.24) is 10.3 Å². The molecule has 3 N–H and O–H groups in total. The summed E-state index contributed by atoms with van der Waals surface area (Å²) in [5, 5.41) is 0. The molecule has 1 fully saturated rings. The van der Waals surface area contributed by atoms with Crippen molar-refractivity contribution in [3.05, 3.63) is 23.7 Å². The van der Waals surface area contributed by atoms with Crippen LogP contribution >= 0.6 is 0 Å². The zero-order valence-electron chi connectivity index (χ0n) is 10.3. The summed E-state index contributed by atoms with van der Waals surface area (Å²) in [7, 11) is 0. The molecule has 0 aromatic carbocycles. The van der Waals surface area contributed by atoms with Crippen LogP contribution in [0.2, 0.25) is 0 Å². The molecule has 1 aromatic heterocycles. The fraction of sp³-hybridized carbons (Fsp3) is 0.500. The molecular weight excluding hydrogens is 234 g/mol. The van der Waals surface area contributed by atoms with Crippen LogP contribution in [-0.4, -0.2) is 23.3 Å². The molecule has 1 aromatic rings. The van der Waals surface area contributed by atoms with E-state index < -0.39 is 5.91 Å². The normalized spacial score (nSPS) is 19.3. The molecule has 2 heterocycles. The highest BCUT2D eigenvalue weighted by molar-refractivity contribution is 5.93. The molecule has 0 aliphatic carbocycles. The average molecular weight is 251 g/mol. The van der Waals surface area contributed by atoms with E-state index in [4.69, 9.17) is 10.3 Å². The second-order valence-electron chi connectivity index (χ2n) is 4.53. The lowest BCUT2D eigenvalue weighted by molar-refractivity contribution is -0.128. The number of nitrogen functional groups attached to an aromatic ring is 1. The first-order valence-electron chi connectivity index (χ1n) is 6.00. The second-order valence-corrected chi connectivity index (χ2v) is 4.53. The van der Waals surface area contributed by atoms with E-state index in [1.807, 2.05) is 5.43 Å². The molecule has 2 amide bonds. The molecule has 1 atom stereocenters. The van der Waals surface area contributed by atoms with Gasteiger partial charge < -0.3 is 9.32 Å². The molecule has 6 heteroatoms. The monoisotopic (exact) mass is 251 g/mol. The number of rotatable bonds is 4. The van der Waals surface area contributed by atoms with E-state index >= 15 is 0 Å². The number of furan rings is 1. The maximum Gasteiger partial charge on any atom is 0.268 e. The summed E-state index contributed by atoms with van der Waals surface area (Å²) in [6.45, 7) is 3.25. The third kappa shape index (κ3) is 2.53. The van der Waals surface area contributed by atoms with Crippen molar-refractivity contribution in [2.24, 2.45) is 11.8 Å². The second kappa shape index (κ2) is 5.22. The van der Waals surface area contributed by atoms with Gasteiger partial charge in [-0.05, 0) is 12.0 Å². The van der Waals surface area contributed by atoms with Gasteiger partial charge in [0.2, 0.25) is 5.91 Å². The molecule has 1 aliphatic rings. The summed E-state index contributed by atoms with van der Waals surface area (Å²) in [5.74, 6) is 5.80. The van der Waals surface area contributed by atoms with Gasteiger partial charge >= 0.3 is 0 Å². The zero-order valence-corrected chi connectivity index (χ0v) is 10.3. The lowest BCUT2D eigenvalue weighted by atomic mass is 10.1. The van der Waals surface area contributed by atoms with Gasteiger partial charge in [-0.3, -0.25) is 15.0 Å². The standard InChI is InChI=1S/C12H17N3O3/c1-2-8-3-11(16)15(5-8)6-10-4-9(7-18-10)12(17)14-13/h4,7-8H,2-3,5-6,13H2,1H3,(H,14,17). The predicted octanol–water partition coefficient (Wildman–Crippen LogP) is 0.642. The van der Waals surface area contributed by atoms with Gasteiger partial charge in [0.05, 0.1) is 12.1 Å². The van der Waals surface area contributed by atoms with Gasteiger partial charge in [0.1, 0.15) is 12.0 Å². The largest absolute Gasteiger partial charge is 0.467 e. The quantitative estimate of drug-likeness (QED) is 0.467. The van der Waals surface area contributed by atoms with Crippen molar-refractivity contribution in [1.29, 1.82) is 0 Å². The van der Waals surface area contributed by atoms with E-state index in [0.717, 1.165) is 13.0 Å². The highest BCUT2D eigenvalue weighted by atomic mass is 16.3. The third-order valence-electron chi connectivity index (χ3n) is 3.27. The Morgan fingerprint density at radius 3 is 3.06 bits per heavy atom. The fourth-order valence-electron chi connectivity index (χ4n) is 2.13. The number of nitrogens with two attached hydrogens (primary N) is 1. The summed E-state index contributed by atoms with van der Waals surface area (Å²) in [4.78, 5) is 24.7. The Morgan fingerprint density at radius 1 is 1.67 bits per heavy atom. The van der Waals surface area contributed by atoms with Gasteiger partial charge in [-0.1, -0.05) is 13.3 Å². The van der Waals surface area contributed by atoms with Crippen LogP contribution in [0.1, 0.15) is 35.9 Å². The number of carbonyl (C=O) groups is 2. The number of amides is 2. The topological polar surface area (TPSA) is 88.6 Å². The minimum Gasteiger partial charge on any atom is -0.467 e. The SMILES string of the molecule is CCC1CC(=O)N(Cc2cc(C(=O)NN)co2)C1. The highest BCUT2D eigenvalue weighted by Crippen LogP contribution is 2.22. The van der Waals surface area contributed by atoms with Crippen molar-refractivity contribution in [3.8, 4) is 0 Å². The first-order chi connectivity index (χ1) is 8.63. The van der Waals surface area contributed by atoms with Crippen LogP contribution in [0.4, 0.5) is 0 Å². The Morgan fingerprint density at radius 2 is 2.44 bits per heavy atom. The molecule has 98 valence electrons. The van der Waals surface area contributed by atoms with Crippen molar-refractivity contribution < 1.29 is 14.0 Å². The molecule has 0 saturated carbocycles. The number of hydrogen-bond acceptors (Lipinski definition) is 4. The summed E-state index contributed by atoms with van der Waals surface area (Å²) in [6, 6.07) is 1.61. The minimum atomic E-state index is -0.399. The van der Waals surface area contributed by atoms with Crippen molar-refractivity contribution >= 4 is 11.8 Å². The van der Waals surface area contributed by atoms with E-state index in [1.165, 1.54) is 6.26 Å². The Balaban J connectivity index is 2.00. The maximum absolute atomic E-state index is 11.7. The van der Waals surface area contributed by atoms with Crippen molar-refractivity contribution in [2.45, 2.75) is 26.3 Å². The molecule has 0 radical (unpaired) electrons. The van der Waals surface area contributed by atoms with Crippen LogP contribution in [0.5, 0.6) is 0 Å². The third-order valence-corrected chi connectivity index (χ3v) is 3.27. The predicted molar refractivity (Wildman–Crippen MR) is 64.2 cm³/mol. The number of hydrogen-bond donors (Lipinski definition) is 2. The van der Waals surface area contributed by atoms with E-state index in [9.17, 15) is 9.59 Å². The van der Waals surface area contributed by atoms with E-state index in [-0.39, 0.29) is 5.91 Å². The number of carbonyl (C=O) groups excluding carboxylic acids is 2. The molecule has 6 nitrogen and oxygen atoms in total. The van der Waals surface area contributed by atoms with Crippen LogP contribution in [0, 0.1) is 5.92 Å². The molecule has 0 spiro atoms. The van der Waals surface area contributed by atoms with Gasteiger partial charge in [-0.2, -0.15) is 0 Å². The van der Waals surface area contributed by atoms with Crippen LogP contribution in [0.3, 0.4) is 0 Å². The summed E-state index contributed by atoms with van der Waals surface area (Å²) in [5.41, 5.74) is 2.40. The van der Waals surface area contributed by atoms with Crippen molar-refractivity contribution in [3.63, 3.8) is 0 Å². The van der Waals surface area contributed by atoms with Gasteiger partial charge in [0.15, 0.2) is 0 Å². The summed E-state index contributed by atoms with van der Waals surface area (Å²) >= 11 is 0. The number of hydrazine groups is 1. The Kier molecular flexibility index (Phi) is 3.66. The van der Waals surface area contributed by atoms with E-state index in [0.29, 0.717) is 30.2 Å². The van der Waals surface area contributed by atoms with Gasteiger partial charge in [-0.15, -0.1) is 0 Å². The van der Waals surface area contributed by atoms with Crippen molar-refractivity contribution in [2.75, 3.05) is 6.54 Å². The molecular formula is C12H17N3O3. The smallest absolute Gasteiger partial charge is 0.268 e. The molecule has 1 saturated heterocycles. The average Bonchev–Trinajstić information content (AvgIpc) is 2.97. The summed E-state index contributed by atoms with van der Waals surface area (Å²) in [6.07, 6.45) is 2.95. The Hall–Kier alpha value is -1.82. The number of nitrogens with zero attached hydrogens (tertiary/aromatic N) is 1. The van der Waals surface area contributed by atoms with Gasteiger partial charge in [0, 0.05) is 13.0 Å². The van der Waals surface area contributed by atoms with E-state index in [2.05, 4.69) is 6.92 Å². The zero-order chi connectivity index (χ0) is 13.1. The van der Waals surface area contributed by atoms with Crippen LogP contribution < -0.4 is 11.3 Å². The number of likely N-dealkylation sites (tertiary alicyclic amines) is 1. The van der Waals surface area contributed by atoms with Gasteiger partial charge in [0.25, 0.3) is 5.91 Å². The summed E-state index contributed by atoms with van der Waals surface area (Å²) < 4.78 is 5.26. The molecule has 1 aliphatic heterocycles. The van der Waals surface area contributed by atoms with Crippen LogP contribution in [0.25, 0.3) is 0 Å². The van der Waals surface area contributed by atoms with E-state index in [1.54, 1.807) is 11.0 Å². The first kappa shape index (κ1) is 12.6.